The first kappa shape index (κ1) is 20.0. The molecule has 1 N–H and O–H groups in total. The lowest BCUT2D eigenvalue weighted by Crippen LogP contribution is -2.37. The van der Waals surface area contributed by atoms with Crippen molar-refractivity contribution in [1.29, 1.82) is 0 Å². The number of ether oxygens (including phenoxy) is 2. The van der Waals surface area contributed by atoms with Crippen LogP contribution in [-0.2, 0) is 14.4 Å². The van der Waals surface area contributed by atoms with Gasteiger partial charge in [0.05, 0.1) is 25.3 Å². The van der Waals surface area contributed by atoms with Gasteiger partial charge in [0, 0.05) is 0 Å². The van der Waals surface area contributed by atoms with Crippen molar-refractivity contribution >= 4 is 23.3 Å². The molecule has 2 aromatic rings. The fraction of sp³-hybridized carbons (Fsp3) is 0.250. The zero-order valence-electron chi connectivity index (χ0n) is 15.0. The summed E-state index contributed by atoms with van der Waals surface area (Å²) in [6.45, 7) is 2.51. The van der Waals surface area contributed by atoms with Gasteiger partial charge in [0.15, 0.2) is 0 Å². The third kappa shape index (κ3) is 5.85. The smallest absolute Gasteiger partial charge is 0.372 e. The monoisotopic (exact) mass is 371 g/mol. The van der Waals surface area contributed by atoms with Gasteiger partial charge in [0.2, 0.25) is 11.7 Å². The minimum Gasteiger partial charge on any atom is -0.492 e. The Bertz CT molecular complexity index is 790. The van der Waals surface area contributed by atoms with Crippen molar-refractivity contribution in [2.75, 3.05) is 24.7 Å². The number of carboxylic acid groups (broad SMARTS) is 1. The largest absolute Gasteiger partial charge is 0.492 e. The van der Waals surface area contributed by atoms with Gasteiger partial charge in [-0.3, -0.25) is 9.59 Å². The van der Waals surface area contributed by atoms with Crippen molar-refractivity contribution in [3.05, 3.63) is 54.6 Å². The number of nitrogens with zero attached hydrogens (tertiary/aromatic N) is 1. The van der Waals surface area contributed by atoms with Gasteiger partial charge >= 0.3 is 5.97 Å². The Balaban J connectivity index is 2.18. The van der Waals surface area contributed by atoms with Crippen LogP contribution in [0.2, 0.25) is 0 Å². The van der Waals surface area contributed by atoms with Crippen molar-refractivity contribution in [1.82, 2.24) is 0 Å². The van der Waals surface area contributed by atoms with Crippen molar-refractivity contribution in [3.8, 4) is 11.5 Å². The van der Waals surface area contributed by atoms with Crippen LogP contribution in [0.25, 0.3) is 0 Å². The molecule has 7 nitrogen and oxygen atoms in total. The maximum Gasteiger partial charge on any atom is 0.372 e. The molecule has 0 aliphatic heterocycles. The van der Waals surface area contributed by atoms with Crippen molar-refractivity contribution in [2.45, 2.75) is 13.3 Å². The van der Waals surface area contributed by atoms with Gasteiger partial charge in [0.1, 0.15) is 18.1 Å². The SMILES string of the molecule is CCOc1ccccc1N(CCOc1ccccc1)C(=O)CC(=O)C(=O)O. The zero-order valence-corrected chi connectivity index (χ0v) is 15.0. The summed E-state index contributed by atoms with van der Waals surface area (Å²) in [7, 11) is 0. The molecule has 0 saturated carbocycles. The van der Waals surface area contributed by atoms with Crippen LogP contribution in [0.5, 0.6) is 11.5 Å². The van der Waals surface area contributed by atoms with E-state index in [4.69, 9.17) is 14.6 Å². The van der Waals surface area contributed by atoms with Crippen LogP contribution < -0.4 is 14.4 Å². The molecule has 0 aliphatic rings. The van der Waals surface area contributed by atoms with E-state index >= 15 is 0 Å². The number of rotatable bonds is 10. The summed E-state index contributed by atoms with van der Waals surface area (Å²) in [5.74, 6) is -2.32. The number of amides is 1. The highest BCUT2D eigenvalue weighted by Crippen LogP contribution is 2.28. The number of Topliss-reactive ketones (excluding diaryl/α,β-unsaturated/α-hetero) is 1. The molecule has 27 heavy (non-hydrogen) atoms. The number of aliphatic carboxylic acids is 1. The Morgan fingerprint density at radius 1 is 0.963 bits per heavy atom. The summed E-state index contributed by atoms with van der Waals surface area (Å²) >= 11 is 0. The van der Waals surface area contributed by atoms with E-state index in [1.165, 1.54) is 4.90 Å². The summed E-state index contributed by atoms with van der Waals surface area (Å²) in [5, 5.41) is 8.78. The molecule has 0 bridgehead atoms. The second-order valence-corrected chi connectivity index (χ2v) is 5.51. The molecule has 7 heteroatoms. The Kier molecular flexibility index (Phi) is 7.37. The Morgan fingerprint density at radius 3 is 2.30 bits per heavy atom. The molecule has 142 valence electrons. The minimum atomic E-state index is -1.64. The van der Waals surface area contributed by atoms with Gasteiger partial charge in [-0.05, 0) is 31.2 Å². The van der Waals surface area contributed by atoms with Crippen LogP contribution in [0, 0.1) is 0 Å². The number of anilines is 1. The first-order valence-corrected chi connectivity index (χ1v) is 8.49. The molecule has 2 aromatic carbocycles. The van der Waals surface area contributed by atoms with Crippen LogP contribution in [-0.4, -0.2) is 42.5 Å². The van der Waals surface area contributed by atoms with Gasteiger partial charge in [-0.1, -0.05) is 30.3 Å². The van der Waals surface area contributed by atoms with Gasteiger partial charge < -0.3 is 19.5 Å². The summed E-state index contributed by atoms with van der Waals surface area (Å²) in [6, 6.07) is 16.0. The quantitative estimate of drug-likeness (QED) is 0.510. The van der Waals surface area contributed by atoms with Crippen LogP contribution in [0.1, 0.15) is 13.3 Å². The number of carbonyl (C=O) groups excluding carboxylic acids is 2. The average Bonchev–Trinajstić information content (AvgIpc) is 2.67. The maximum atomic E-state index is 12.6. The van der Waals surface area contributed by atoms with E-state index in [2.05, 4.69) is 0 Å². The third-order valence-electron chi connectivity index (χ3n) is 3.63. The molecule has 0 unspecified atom stereocenters. The van der Waals surface area contributed by atoms with E-state index in [-0.39, 0.29) is 13.2 Å². The summed E-state index contributed by atoms with van der Waals surface area (Å²) < 4.78 is 11.2. The van der Waals surface area contributed by atoms with E-state index in [9.17, 15) is 14.4 Å². The lowest BCUT2D eigenvalue weighted by Gasteiger charge is -2.24. The Hall–Kier alpha value is -3.35. The lowest BCUT2D eigenvalue weighted by molar-refractivity contribution is -0.150. The predicted molar refractivity (Wildman–Crippen MR) is 99.2 cm³/mol. The first-order chi connectivity index (χ1) is 13.0. The van der Waals surface area contributed by atoms with Crippen molar-refractivity contribution in [3.63, 3.8) is 0 Å². The number of para-hydroxylation sites is 3. The van der Waals surface area contributed by atoms with Gasteiger partial charge in [-0.2, -0.15) is 0 Å². The van der Waals surface area contributed by atoms with Gasteiger partial charge in [-0.25, -0.2) is 4.79 Å². The van der Waals surface area contributed by atoms with Crippen LogP contribution in [0.3, 0.4) is 0 Å². The number of carboxylic acids is 1. The minimum absolute atomic E-state index is 0.130. The zero-order chi connectivity index (χ0) is 19.6. The average molecular weight is 371 g/mol. The summed E-state index contributed by atoms with van der Waals surface area (Å²) in [6.07, 6.45) is -0.735. The molecule has 0 saturated heterocycles. The number of hydrogen-bond acceptors (Lipinski definition) is 5. The van der Waals surface area contributed by atoms with E-state index in [0.717, 1.165) is 0 Å². The van der Waals surface area contributed by atoms with E-state index < -0.39 is 24.1 Å². The number of carbonyl (C=O) groups is 3. The summed E-state index contributed by atoms with van der Waals surface area (Å²) in [5.41, 5.74) is 0.458. The second-order valence-electron chi connectivity index (χ2n) is 5.51. The van der Waals surface area contributed by atoms with Crippen LogP contribution >= 0.6 is 0 Å². The normalized spacial score (nSPS) is 10.1. The molecule has 0 radical (unpaired) electrons. The highest BCUT2D eigenvalue weighted by atomic mass is 16.5. The van der Waals surface area contributed by atoms with Crippen molar-refractivity contribution in [2.24, 2.45) is 0 Å². The highest BCUT2D eigenvalue weighted by Gasteiger charge is 2.24. The van der Waals surface area contributed by atoms with Crippen molar-refractivity contribution < 1.29 is 29.0 Å². The fourth-order valence-electron chi connectivity index (χ4n) is 2.42. The molecular weight excluding hydrogens is 350 g/mol. The second kappa shape index (κ2) is 9.96. The summed E-state index contributed by atoms with van der Waals surface area (Å²) in [4.78, 5) is 36.2. The number of ketones is 1. The standard InChI is InChI=1S/C20H21NO6/c1-2-26-18-11-7-6-10-16(18)21(19(23)14-17(22)20(24)25)12-13-27-15-8-4-3-5-9-15/h3-11H,2,12-14H2,1H3,(H,24,25). The molecule has 0 aromatic heterocycles. The molecule has 2 rings (SSSR count). The molecule has 0 atom stereocenters. The van der Waals surface area contributed by atoms with E-state index in [1.807, 2.05) is 25.1 Å². The number of benzene rings is 2. The highest BCUT2D eigenvalue weighted by molar-refractivity contribution is 6.36. The van der Waals surface area contributed by atoms with E-state index in [0.29, 0.717) is 23.8 Å². The first-order valence-electron chi connectivity index (χ1n) is 8.49. The Morgan fingerprint density at radius 2 is 1.63 bits per heavy atom. The topological polar surface area (TPSA) is 93.1 Å². The molecule has 0 aliphatic carbocycles. The molecule has 1 amide bonds. The predicted octanol–water partition coefficient (Wildman–Crippen LogP) is 2.54. The molecule has 0 fully saturated rings. The number of hydrogen-bond donors (Lipinski definition) is 1. The third-order valence-corrected chi connectivity index (χ3v) is 3.63. The fourth-order valence-corrected chi connectivity index (χ4v) is 2.42. The Labute approximate surface area is 157 Å². The van der Waals surface area contributed by atoms with Gasteiger partial charge in [-0.15, -0.1) is 0 Å². The molecule has 0 spiro atoms. The molecular formula is C20H21NO6. The maximum absolute atomic E-state index is 12.6. The van der Waals surface area contributed by atoms with Gasteiger partial charge in [0.25, 0.3) is 0 Å². The van der Waals surface area contributed by atoms with Crippen LogP contribution in [0.15, 0.2) is 54.6 Å². The van der Waals surface area contributed by atoms with Crippen LogP contribution in [0.4, 0.5) is 5.69 Å². The lowest BCUT2D eigenvalue weighted by atomic mass is 10.2. The molecule has 0 heterocycles. The van der Waals surface area contributed by atoms with E-state index in [1.54, 1.807) is 36.4 Å².